The lowest BCUT2D eigenvalue weighted by molar-refractivity contribution is -0.136. The van der Waals surface area contributed by atoms with Crippen LogP contribution in [0.4, 0.5) is 24.5 Å². The standard InChI is InChI=1S/C13H13F3N4O/c1-8-4-5-20(19-8)7-12(21)18-9-2-3-11(17)10(6-9)13(14,15)16/h2-6H,7,17H2,1H3,(H,18,21). The quantitative estimate of drug-likeness (QED) is 0.855. The van der Waals surface area contributed by atoms with E-state index in [2.05, 4.69) is 10.4 Å². The molecule has 8 heteroatoms. The summed E-state index contributed by atoms with van der Waals surface area (Å²) in [6.45, 7) is 1.68. The molecular weight excluding hydrogens is 285 g/mol. The molecule has 5 nitrogen and oxygen atoms in total. The Balaban J connectivity index is 2.11. The van der Waals surface area contributed by atoms with E-state index >= 15 is 0 Å². The van der Waals surface area contributed by atoms with Crippen LogP contribution in [0.5, 0.6) is 0 Å². The Morgan fingerprint density at radius 3 is 2.67 bits per heavy atom. The number of nitrogens with two attached hydrogens (primary N) is 1. The van der Waals surface area contributed by atoms with Gasteiger partial charge in [0.15, 0.2) is 0 Å². The van der Waals surface area contributed by atoms with Gasteiger partial charge in [-0.25, -0.2) is 0 Å². The van der Waals surface area contributed by atoms with Crippen LogP contribution in [0.3, 0.4) is 0 Å². The predicted octanol–water partition coefficient (Wildman–Crippen LogP) is 2.43. The van der Waals surface area contributed by atoms with E-state index in [4.69, 9.17) is 5.73 Å². The van der Waals surface area contributed by atoms with E-state index in [-0.39, 0.29) is 17.9 Å². The van der Waals surface area contributed by atoms with E-state index in [1.807, 2.05) is 0 Å². The second kappa shape index (κ2) is 5.47. The van der Waals surface area contributed by atoms with Gasteiger partial charge in [-0.05, 0) is 31.2 Å². The van der Waals surface area contributed by atoms with E-state index < -0.39 is 17.6 Å². The third-order valence-electron chi connectivity index (χ3n) is 2.72. The summed E-state index contributed by atoms with van der Waals surface area (Å²) in [5.41, 5.74) is 4.70. The van der Waals surface area contributed by atoms with Gasteiger partial charge in [0.1, 0.15) is 6.54 Å². The average molecular weight is 298 g/mol. The number of anilines is 2. The highest BCUT2D eigenvalue weighted by molar-refractivity contribution is 5.90. The molecule has 1 aromatic carbocycles. The molecule has 0 spiro atoms. The maximum atomic E-state index is 12.7. The summed E-state index contributed by atoms with van der Waals surface area (Å²) in [5, 5.41) is 6.40. The van der Waals surface area contributed by atoms with Crippen molar-refractivity contribution in [3.8, 4) is 0 Å². The predicted molar refractivity (Wildman–Crippen MR) is 71.5 cm³/mol. The van der Waals surface area contributed by atoms with Gasteiger partial charge in [0, 0.05) is 17.6 Å². The number of rotatable bonds is 3. The summed E-state index contributed by atoms with van der Waals surface area (Å²) >= 11 is 0. The molecule has 0 aliphatic carbocycles. The number of hydrogen-bond donors (Lipinski definition) is 2. The molecule has 0 aliphatic rings. The Morgan fingerprint density at radius 2 is 2.10 bits per heavy atom. The van der Waals surface area contributed by atoms with Crippen molar-refractivity contribution >= 4 is 17.3 Å². The Labute approximate surface area is 118 Å². The summed E-state index contributed by atoms with van der Waals surface area (Å²) in [7, 11) is 0. The molecule has 1 aromatic heterocycles. The van der Waals surface area contributed by atoms with Crippen molar-refractivity contribution in [1.29, 1.82) is 0 Å². The van der Waals surface area contributed by atoms with Gasteiger partial charge in [-0.2, -0.15) is 18.3 Å². The molecule has 1 amide bonds. The number of carbonyl (C=O) groups excluding carboxylic acids is 1. The SMILES string of the molecule is Cc1ccn(CC(=O)Nc2ccc(N)c(C(F)(F)F)c2)n1. The number of aromatic nitrogens is 2. The van der Waals surface area contributed by atoms with Gasteiger partial charge in [-0.1, -0.05) is 0 Å². The lowest BCUT2D eigenvalue weighted by Crippen LogP contribution is -2.19. The van der Waals surface area contributed by atoms with Crippen molar-refractivity contribution in [2.24, 2.45) is 0 Å². The monoisotopic (exact) mass is 298 g/mol. The fraction of sp³-hybridized carbons (Fsp3) is 0.231. The summed E-state index contributed by atoms with van der Waals surface area (Å²) in [6.07, 6.45) is -2.96. The highest BCUT2D eigenvalue weighted by Crippen LogP contribution is 2.35. The van der Waals surface area contributed by atoms with E-state index in [1.54, 1.807) is 19.2 Å². The fourth-order valence-electron chi connectivity index (χ4n) is 1.78. The number of amides is 1. The molecule has 0 radical (unpaired) electrons. The maximum absolute atomic E-state index is 12.7. The number of hydrogen-bond acceptors (Lipinski definition) is 3. The van der Waals surface area contributed by atoms with Crippen LogP contribution in [0.15, 0.2) is 30.5 Å². The number of nitrogens with zero attached hydrogens (tertiary/aromatic N) is 2. The topological polar surface area (TPSA) is 72.9 Å². The number of nitrogens with one attached hydrogen (secondary N) is 1. The van der Waals surface area contributed by atoms with E-state index in [1.165, 1.54) is 10.7 Å². The molecule has 2 rings (SSSR count). The average Bonchev–Trinajstić information content (AvgIpc) is 2.75. The van der Waals surface area contributed by atoms with Crippen LogP contribution in [0.1, 0.15) is 11.3 Å². The van der Waals surface area contributed by atoms with Crippen LogP contribution in [0, 0.1) is 6.92 Å². The zero-order valence-electron chi connectivity index (χ0n) is 11.1. The lowest BCUT2D eigenvalue weighted by atomic mass is 10.1. The Morgan fingerprint density at radius 1 is 1.38 bits per heavy atom. The van der Waals surface area contributed by atoms with Crippen LogP contribution >= 0.6 is 0 Å². The molecule has 0 bridgehead atoms. The van der Waals surface area contributed by atoms with Gasteiger partial charge in [0.05, 0.1) is 11.3 Å². The summed E-state index contributed by atoms with van der Waals surface area (Å²) < 4.78 is 39.5. The van der Waals surface area contributed by atoms with Gasteiger partial charge in [0.25, 0.3) is 0 Å². The Bertz CT molecular complexity index is 664. The van der Waals surface area contributed by atoms with Crippen LogP contribution in [0.25, 0.3) is 0 Å². The minimum atomic E-state index is -4.57. The van der Waals surface area contributed by atoms with Crippen LogP contribution in [-0.4, -0.2) is 15.7 Å². The van der Waals surface area contributed by atoms with Crippen LogP contribution in [0.2, 0.25) is 0 Å². The van der Waals surface area contributed by atoms with Crippen LogP contribution in [-0.2, 0) is 17.5 Å². The number of carbonyl (C=O) groups is 1. The summed E-state index contributed by atoms with van der Waals surface area (Å²) in [4.78, 5) is 11.8. The maximum Gasteiger partial charge on any atom is 0.418 e. The highest BCUT2D eigenvalue weighted by atomic mass is 19.4. The second-order valence-corrected chi connectivity index (χ2v) is 4.50. The van der Waals surface area contributed by atoms with Gasteiger partial charge in [0.2, 0.25) is 5.91 Å². The van der Waals surface area contributed by atoms with E-state index in [0.29, 0.717) is 0 Å². The molecule has 2 aromatic rings. The van der Waals surface area contributed by atoms with E-state index in [0.717, 1.165) is 17.8 Å². The Hall–Kier alpha value is -2.51. The lowest BCUT2D eigenvalue weighted by Gasteiger charge is -2.12. The molecule has 1 heterocycles. The number of benzene rings is 1. The number of alkyl halides is 3. The largest absolute Gasteiger partial charge is 0.418 e. The zero-order valence-corrected chi connectivity index (χ0v) is 11.1. The smallest absolute Gasteiger partial charge is 0.398 e. The summed E-state index contributed by atoms with van der Waals surface area (Å²) in [6, 6.07) is 4.95. The fourth-order valence-corrected chi connectivity index (χ4v) is 1.78. The van der Waals surface area contributed by atoms with Crippen molar-refractivity contribution in [3.05, 3.63) is 41.7 Å². The number of nitrogen functional groups attached to an aromatic ring is 1. The molecule has 3 N–H and O–H groups in total. The van der Waals surface area contributed by atoms with E-state index in [9.17, 15) is 18.0 Å². The third-order valence-corrected chi connectivity index (χ3v) is 2.72. The van der Waals surface area contributed by atoms with Crippen molar-refractivity contribution in [2.75, 3.05) is 11.1 Å². The first-order chi connectivity index (χ1) is 9.75. The molecule has 0 atom stereocenters. The van der Waals surface area contributed by atoms with Crippen molar-refractivity contribution in [1.82, 2.24) is 9.78 Å². The van der Waals surface area contributed by atoms with Crippen molar-refractivity contribution < 1.29 is 18.0 Å². The summed E-state index contributed by atoms with van der Waals surface area (Å²) in [5.74, 6) is -0.476. The second-order valence-electron chi connectivity index (χ2n) is 4.50. The normalized spacial score (nSPS) is 11.4. The minimum absolute atomic E-state index is 0.0328. The molecule has 0 unspecified atom stereocenters. The van der Waals surface area contributed by atoms with Crippen molar-refractivity contribution in [2.45, 2.75) is 19.6 Å². The third kappa shape index (κ3) is 3.74. The first-order valence-corrected chi connectivity index (χ1v) is 6.02. The molecule has 0 saturated heterocycles. The van der Waals surface area contributed by atoms with Crippen LogP contribution < -0.4 is 11.1 Å². The van der Waals surface area contributed by atoms with Gasteiger partial charge in [-0.3, -0.25) is 9.48 Å². The minimum Gasteiger partial charge on any atom is -0.398 e. The zero-order chi connectivity index (χ0) is 15.6. The molecule has 21 heavy (non-hydrogen) atoms. The number of aryl methyl sites for hydroxylation is 1. The van der Waals surface area contributed by atoms with Gasteiger partial charge in [-0.15, -0.1) is 0 Å². The molecule has 0 aliphatic heterocycles. The van der Waals surface area contributed by atoms with Gasteiger partial charge >= 0.3 is 6.18 Å². The first-order valence-electron chi connectivity index (χ1n) is 6.02. The molecular formula is C13H13F3N4O. The molecule has 112 valence electrons. The molecule has 0 fully saturated rings. The van der Waals surface area contributed by atoms with Crippen molar-refractivity contribution in [3.63, 3.8) is 0 Å². The first kappa shape index (κ1) is 14.9. The number of halogens is 3. The highest BCUT2D eigenvalue weighted by Gasteiger charge is 2.33. The Kier molecular flexibility index (Phi) is 3.88. The molecule has 0 saturated carbocycles. The van der Waals surface area contributed by atoms with Gasteiger partial charge < -0.3 is 11.1 Å².